The van der Waals surface area contributed by atoms with Gasteiger partial charge in [0.05, 0.1) is 0 Å². The summed E-state index contributed by atoms with van der Waals surface area (Å²) in [6.07, 6.45) is 18.0. The lowest BCUT2D eigenvalue weighted by atomic mass is 9.82. The van der Waals surface area contributed by atoms with Crippen LogP contribution in [0.4, 0.5) is 4.79 Å². The SMILES string of the molecule is CC(C)(C)OC(=O)NCC1=CCC(C2=NCCC=C2C2=CCCCC2)C=C1. The molecule has 1 amide bonds. The van der Waals surface area contributed by atoms with Crippen LogP contribution in [0.15, 0.2) is 52.1 Å². The van der Waals surface area contributed by atoms with Gasteiger partial charge in [0.15, 0.2) is 0 Å². The van der Waals surface area contributed by atoms with Crippen molar-refractivity contribution in [1.29, 1.82) is 0 Å². The van der Waals surface area contributed by atoms with E-state index in [2.05, 4.69) is 35.7 Å². The maximum atomic E-state index is 11.8. The quantitative estimate of drug-likeness (QED) is 0.733. The largest absolute Gasteiger partial charge is 0.444 e. The molecule has 1 N–H and O–H groups in total. The minimum Gasteiger partial charge on any atom is -0.444 e. The molecule has 1 unspecified atom stereocenters. The van der Waals surface area contributed by atoms with Crippen LogP contribution in [-0.4, -0.2) is 30.5 Å². The number of allylic oxidation sites excluding steroid dienone is 5. The van der Waals surface area contributed by atoms with Gasteiger partial charge in [0.1, 0.15) is 5.60 Å². The minimum absolute atomic E-state index is 0.338. The van der Waals surface area contributed by atoms with Gasteiger partial charge in [0.2, 0.25) is 0 Å². The van der Waals surface area contributed by atoms with Crippen LogP contribution in [0.3, 0.4) is 0 Å². The zero-order chi connectivity index (χ0) is 19.3. The maximum Gasteiger partial charge on any atom is 0.407 e. The summed E-state index contributed by atoms with van der Waals surface area (Å²) in [5, 5.41) is 2.83. The molecule has 4 heteroatoms. The van der Waals surface area contributed by atoms with Crippen molar-refractivity contribution < 1.29 is 9.53 Å². The summed E-state index contributed by atoms with van der Waals surface area (Å²) in [5.74, 6) is 0.338. The molecule has 2 aliphatic carbocycles. The molecule has 0 aromatic carbocycles. The van der Waals surface area contributed by atoms with Crippen LogP contribution in [-0.2, 0) is 4.74 Å². The highest BCUT2D eigenvalue weighted by molar-refractivity contribution is 6.07. The lowest BCUT2D eigenvalue weighted by molar-refractivity contribution is 0.0533. The Morgan fingerprint density at radius 1 is 1.22 bits per heavy atom. The lowest BCUT2D eigenvalue weighted by Gasteiger charge is -2.26. The maximum absolute atomic E-state index is 11.8. The number of amides is 1. The topological polar surface area (TPSA) is 50.7 Å². The van der Waals surface area contributed by atoms with E-state index < -0.39 is 5.60 Å². The third-order valence-electron chi connectivity index (χ3n) is 5.04. The van der Waals surface area contributed by atoms with Crippen molar-refractivity contribution in [1.82, 2.24) is 5.32 Å². The van der Waals surface area contributed by atoms with E-state index in [1.807, 2.05) is 20.8 Å². The molecule has 0 saturated carbocycles. The van der Waals surface area contributed by atoms with E-state index in [1.54, 1.807) is 0 Å². The average molecular weight is 369 g/mol. The fourth-order valence-electron chi connectivity index (χ4n) is 3.77. The fraction of sp³-hybridized carbons (Fsp3) is 0.565. The first-order valence-electron chi connectivity index (χ1n) is 10.2. The van der Waals surface area contributed by atoms with Gasteiger partial charge in [-0.15, -0.1) is 0 Å². The van der Waals surface area contributed by atoms with Gasteiger partial charge in [-0.3, -0.25) is 4.99 Å². The highest BCUT2D eigenvalue weighted by Gasteiger charge is 2.23. The van der Waals surface area contributed by atoms with E-state index >= 15 is 0 Å². The van der Waals surface area contributed by atoms with Gasteiger partial charge in [0, 0.05) is 24.7 Å². The fourth-order valence-corrected chi connectivity index (χ4v) is 3.77. The van der Waals surface area contributed by atoms with Gasteiger partial charge >= 0.3 is 6.09 Å². The predicted octanol–water partition coefficient (Wildman–Crippen LogP) is 5.29. The number of hydrogen-bond donors (Lipinski definition) is 1. The number of aliphatic imine (C=N–C) groups is 1. The van der Waals surface area contributed by atoms with Gasteiger partial charge < -0.3 is 10.1 Å². The molecule has 0 fully saturated rings. The number of nitrogens with zero attached hydrogens (tertiary/aromatic N) is 1. The van der Waals surface area contributed by atoms with E-state index in [0.717, 1.165) is 25.0 Å². The monoisotopic (exact) mass is 368 g/mol. The molecule has 0 radical (unpaired) electrons. The van der Waals surface area contributed by atoms with Crippen LogP contribution in [0, 0.1) is 5.92 Å². The Labute approximate surface area is 163 Å². The highest BCUT2D eigenvalue weighted by Crippen LogP contribution is 2.31. The van der Waals surface area contributed by atoms with E-state index in [0.29, 0.717) is 12.5 Å². The number of nitrogens with one attached hydrogen (secondary N) is 1. The molecule has 3 rings (SSSR count). The Morgan fingerprint density at radius 2 is 2.07 bits per heavy atom. The number of dihydropyridines is 1. The zero-order valence-electron chi connectivity index (χ0n) is 16.9. The van der Waals surface area contributed by atoms with Crippen LogP contribution in [0.25, 0.3) is 0 Å². The lowest BCUT2D eigenvalue weighted by Crippen LogP contribution is -2.33. The highest BCUT2D eigenvalue weighted by atomic mass is 16.6. The molecule has 146 valence electrons. The second-order valence-electron chi connectivity index (χ2n) is 8.48. The Morgan fingerprint density at radius 3 is 2.74 bits per heavy atom. The number of alkyl carbamates (subject to hydrolysis) is 1. The number of ether oxygens (including phenoxy) is 1. The van der Waals surface area contributed by atoms with Crippen molar-refractivity contribution in [3.05, 3.63) is 47.1 Å². The number of carbonyl (C=O) groups excluding carboxylic acids is 1. The molecule has 3 aliphatic rings. The second kappa shape index (κ2) is 8.73. The molecule has 1 atom stereocenters. The van der Waals surface area contributed by atoms with E-state index in [9.17, 15) is 4.79 Å². The first-order chi connectivity index (χ1) is 12.9. The smallest absolute Gasteiger partial charge is 0.407 e. The molecule has 4 nitrogen and oxygen atoms in total. The van der Waals surface area contributed by atoms with Crippen LogP contribution >= 0.6 is 0 Å². The Balaban J connectivity index is 1.57. The van der Waals surface area contributed by atoms with Crippen molar-refractivity contribution in [2.75, 3.05) is 13.1 Å². The van der Waals surface area contributed by atoms with Crippen molar-refractivity contribution in [3.8, 4) is 0 Å². The third-order valence-corrected chi connectivity index (χ3v) is 5.04. The van der Waals surface area contributed by atoms with Crippen LogP contribution < -0.4 is 5.32 Å². The van der Waals surface area contributed by atoms with Gasteiger partial charge in [0.25, 0.3) is 0 Å². The molecule has 27 heavy (non-hydrogen) atoms. The van der Waals surface area contributed by atoms with Gasteiger partial charge in [-0.25, -0.2) is 4.79 Å². The third kappa shape index (κ3) is 5.69. The van der Waals surface area contributed by atoms with Crippen LogP contribution in [0.5, 0.6) is 0 Å². The van der Waals surface area contributed by atoms with E-state index in [4.69, 9.17) is 9.73 Å². The van der Waals surface area contributed by atoms with Gasteiger partial charge in [-0.05, 0) is 76.0 Å². The second-order valence-corrected chi connectivity index (χ2v) is 8.48. The average Bonchev–Trinajstić information content (AvgIpc) is 2.66. The van der Waals surface area contributed by atoms with Gasteiger partial charge in [-0.1, -0.05) is 30.4 Å². The zero-order valence-corrected chi connectivity index (χ0v) is 16.9. The predicted molar refractivity (Wildman–Crippen MR) is 111 cm³/mol. The molecule has 0 saturated heterocycles. The van der Waals surface area contributed by atoms with Crippen molar-refractivity contribution in [3.63, 3.8) is 0 Å². The summed E-state index contributed by atoms with van der Waals surface area (Å²) in [7, 11) is 0. The van der Waals surface area contributed by atoms with Crippen LogP contribution in [0.2, 0.25) is 0 Å². The summed E-state index contributed by atoms with van der Waals surface area (Å²) in [6, 6.07) is 0. The first kappa shape index (κ1) is 19.7. The summed E-state index contributed by atoms with van der Waals surface area (Å²) in [6.45, 7) is 7.00. The molecule has 0 bridgehead atoms. The van der Waals surface area contributed by atoms with E-state index in [-0.39, 0.29) is 6.09 Å². The molecule has 1 heterocycles. The summed E-state index contributed by atoms with van der Waals surface area (Å²) >= 11 is 0. The van der Waals surface area contributed by atoms with Crippen molar-refractivity contribution in [2.24, 2.45) is 10.9 Å². The van der Waals surface area contributed by atoms with E-state index in [1.165, 1.54) is 42.5 Å². The minimum atomic E-state index is -0.471. The summed E-state index contributed by atoms with van der Waals surface area (Å²) in [5.41, 5.74) is 4.78. The molecule has 0 aromatic rings. The number of hydrogen-bond acceptors (Lipinski definition) is 3. The molecule has 1 aliphatic heterocycles. The molecular weight excluding hydrogens is 336 g/mol. The molecule has 0 spiro atoms. The normalized spacial score (nSPS) is 23.0. The van der Waals surface area contributed by atoms with Crippen LogP contribution in [0.1, 0.15) is 59.3 Å². The molecule has 0 aromatic heterocycles. The number of carbonyl (C=O) groups is 1. The summed E-state index contributed by atoms with van der Waals surface area (Å²) in [4.78, 5) is 16.7. The Bertz CT molecular complexity index is 717. The Hall–Kier alpha value is -2.10. The van der Waals surface area contributed by atoms with Crippen molar-refractivity contribution >= 4 is 11.8 Å². The van der Waals surface area contributed by atoms with Crippen molar-refractivity contribution in [2.45, 2.75) is 64.9 Å². The Kier molecular flexibility index (Phi) is 6.35. The van der Waals surface area contributed by atoms with Gasteiger partial charge in [-0.2, -0.15) is 0 Å². The molecular formula is C23H32N2O2. The summed E-state index contributed by atoms with van der Waals surface area (Å²) < 4.78 is 5.29. The first-order valence-corrected chi connectivity index (χ1v) is 10.2. The number of rotatable bonds is 4. The standard InChI is InChI=1S/C23H32N2O2/c1-23(2,3)27-22(26)25-16-17-11-13-19(14-12-17)21-20(10-7-15-24-21)18-8-5-4-6-9-18/h8,10-13,19H,4-7,9,14-16H2,1-3H3,(H,25,26).